The molecule has 0 radical (unpaired) electrons. The minimum Gasteiger partial charge on any atom is -0.384 e. The molecule has 1 aromatic rings. The largest absolute Gasteiger partial charge is 0.384 e. The number of rotatable bonds is 5. The van der Waals surface area contributed by atoms with Crippen molar-refractivity contribution in [1.29, 1.82) is 5.41 Å². The molecule has 1 fully saturated rings. The lowest BCUT2D eigenvalue weighted by atomic mass is 10.2. The van der Waals surface area contributed by atoms with Gasteiger partial charge < -0.3 is 10.6 Å². The third kappa shape index (κ3) is 4.26. The number of nitrogen functional groups attached to an aromatic ring is 1. The molecule has 1 saturated heterocycles. The average Bonchev–Trinajstić information content (AvgIpc) is 2.47. The molecule has 2 rings (SSSR count). The molecule has 116 valence electrons. The van der Waals surface area contributed by atoms with Gasteiger partial charge in [0.2, 0.25) is 0 Å². The summed E-state index contributed by atoms with van der Waals surface area (Å²) in [5.74, 6) is -0.0240. The van der Waals surface area contributed by atoms with Crippen LogP contribution in [0.15, 0.2) is 29.2 Å². The number of likely N-dealkylation sites (N-methyl/N-ethyl adjacent to an activating group) is 1. The number of benzene rings is 1. The SMILES string of the molecule is CN1CCN(CCS(=O)(=O)c2cccc(C(=N)N)c2)CC1. The monoisotopic (exact) mass is 310 g/mol. The minimum absolute atomic E-state index is 0.0953. The first-order chi connectivity index (χ1) is 9.88. The van der Waals surface area contributed by atoms with Crippen molar-refractivity contribution in [1.82, 2.24) is 9.80 Å². The molecule has 0 atom stereocenters. The van der Waals surface area contributed by atoms with Crippen LogP contribution in [0.2, 0.25) is 0 Å². The van der Waals surface area contributed by atoms with Crippen molar-refractivity contribution in [3.05, 3.63) is 29.8 Å². The molecule has 7 heteroatoms. The summed E-state index contributed by atoms with van der Waals surface area (Å²) >= 11 is 0. The van der Waals surface area contributed by atoms with Crippen LogP contribution in [-0.2, 0) is 9.84 Å². The lowest BCUT2D eigenvalue weighted by Gasteiger charge is -2.32. The lowest BCUT2D eigenvalue weighted by molar-refractivity contribution is 0.161. The van der Waals surface area contributed by atoms with E-state index in [0.717, 1.165) is 26.2 Å². The van der Waals surface area contributed by atoms with Crippen LogP contribution < -0.4 is 5.73 Å². The first-order valence-electron chi connectivity index (χ1n) is 6.96. The van der Waals surface area contributed by atoms with Gasteiger partial charge in [0.25, 0.3) is 0 Å². The Morgan fingerprint density at radius 2 is 1.95 bits per heavy atom. The molecule has 1 aliphatic heterocycles. The van der Waals surface area contributed by atoms with E-state index in [2.05, 4.69) is 16.8 Å². The summed E-state index contributed by atoms with van der Waals surface area (Å²) in [5.41, 5.74) is 5.85. The van der Waals surface area contributed by atoms with Gasteiger partial charge in [0.15, 0.2) is 9.84 Å². The van der Waals surface area contributed by atoms with Crippen LogP contribution in [0.5, 0.6) is 0 Å². The summed E-state index contributed by atoms with van der Waals surface area (Å²) in [6.07, 6.45) is 0. The second kappa shape index (κ2) is 6.55. The second-order valence-electron chi connectivity index (χ2n) is 5.41. The van der Waals surface area contributed by atoms with E-state index in [9.17, 15) is 8.42 Å². The first kappa shape index (κ1) is 15.9. The summed E-state index contributed by atoms with van der Waals surface area (Å²) in [6, 6.07) is 6.30. The van der Waals surface area contributed by atoms with Crippen molar-refractivity contribution in [2.45, 2.75) is 4.90 Å². The minimum atomic E-state index is -3.34. The Hall–Kier alpha value is -1.44. The first-order valence-corrected chi connectivity index (χ1v) is 8.62. The van der Waals surface area contributed by atoms with Crippen molar-refractivity contribution >= 4 is 15.7 Å². The number of hydrogen-bond donors (Lipinski definition) is 2. The van der Waals surface area contributed by atoms with Crippen LogP contribution in [0.1, 0.15) is 5.56 Å². The zero-order chi connectivity index (χ0) is 15.5. The highest BCUT2D eigenvalue weighted by Gasteiger charge is 2.19. The van der Waals surface area contributed by atoms with Crippen molar-refractivity contribution < 1.29 is 8.42 Å². The summed E-state index contributed by atoms with van der Waals surface area (Å²) < 4.78 is 24.7. The van der Waals surface area contributed by atoms with Crippen molar-refractivity contribution in [3.63, 3.8) is 0 Å². The fourth-order valence-electron chi connectivity index (χ4n) is 2.30. The van der Waals surface area contributed by atoms with Crippen LogP contribution in [0.3, 0.4) is 0 Å². The molecule has 0 aromatic heterocycles. The summed E-state index contributed by atoms with van der Waals surface area (Å²) in [4.78, 5) is 4.65. The molecular formula is C14H22N4O2S. The highest BCUT2D eigenvalue weighted by molar-refractivity contribution is 7.91. The van der Waals surface area contributed by atoms with Gasteiger partial charge in [-0.3, -0.25) is 10.3 Å². The maximum absolute atomic E-state index is 12.4. The van der Waals surface area contributed by atoms with Gasteiger partial charge in [-0.25, -0.2) is 8.42 Å². The number of amidine groups is 1. The fourth-order valence-corrected chi connectivity index (χ4v) is 3.62. The molecule has 0 unspecified atom stereocenters. The van der Waals surface area contributed by atoms with E-state index < -0.39 is 9.84 Å². The molecule has 0 spiro atoms. The predicted octanol–water partition coefficient (Wildman–Crippen LogP) is -0.00823. The van der Waals surface area contributed by atoms with Crippen LogP contribution >= 0.6 is 0 Å². The third-order valence-electron chi connectivity index (χ3n) is 3.78. The summed E-state index contributed by atoms with van der Waals surface area (Å²) in [6.45, 7) is 4.29. The molecule has 21 heavy (non-hydrogen) atoms. The molecule has 3 N–H and O–H groups in total. The Morgan fingerprint density at radius 1 is 1.29 bits per heavy atom. The highest BCUT2D eigenvalue weighted by Crippen LogP contribution is 2.14. The van der Waals surface area contributed by atoms with Crippen LogP contribution in [0, 0.1) is 5.41 Å². The van der Waals surface area contributed by atoms with Crippen molar-refractivity contribution in [2.75, 3.05) is 45.5 Å². The summed E-state index contributed by atoms with van der Waals surface area (Å²) in [5, 5.41) is 7.39. The standard InChI is InChI=1S/C14H22N4O2S/c1-17-5-7-18(8-6-17)9-10-21(19,20)13-4-2-3-12(11-13)14(15)16/h2-4,11H,5-10H2,1H3,(H3,15,16). The maximum Gasteiger partial charge on any atom is 0.179 e. The Labute approximate surface area is 126 Å². The van der Waals surface area contributed by atoms with Gasteiger partial charge >= 0.3 is 0 Å². The zero-order valence-corrected chi connectivity index (χ0v) is 13.1. The van der Waals surface area contributed by atoms with Gasteiger partial charge in [-0.15, -0.1) is 0 Å². The van der Waals surface area contributed by atoms with Gasteiger partial charge in [0.05, 0.1) is 10.6 Å². The number of nitrogens with zero attached hydrogens (tertiary/aromatic N) is 2. The number of piperazine rings is 1. The van der Waals surface area contributed by atoms with E-state index in [4.69, 9.17) is 11.1 Å². The zero-order valence-electron chi connectivity index (χ0n) is 12.2. The molecule has 6 nitrogen and oxygen atoms in total. The second-order valence-corrected chi connectivity index (χ2v) is 7.51. The fraction of sp³-hybridized carbons (Fsp3) is 0.500. The number of nitrogens with one attached hydrogen (secondary N) is 1. The normalized spacial score (nSPS) is 17.8. The number of sulfone groups is 1. The third-order valence-corrected chi connectivity index (χ3v) is 5.47. The Bertz CT molecular complexity index is 607. The van der Waals surface area contributed by atoms with Gasteiger partial charge in [-0.05, 0) is 19.2 Å². The molecule has 1 aromatic carbocycles. The van der Waals surface area contributed by atoms with E-state index in [1.54, 1.807) is 18.2 Å². The average molecular weight is 310 g/mol. The quantitative estimate of drug-likeness (QED) is 0.590. The highest BCUT2D eigenvalue weighted by atomic mass is 32.2. The van der Waals surface area contributed by atoms with Crippen LogP contribution in [0.4, 0.5) is 0 Å². The maximum atomic E-state index is 12.4. The van der Waals surface area contributed by atoms with Gasteiger partial charge in [0, 0.05) is 38.3 Å². The van der Waals surface area contributed by atoms with Crippen molar-refractivity contribution in [2.24, 2.45) is 5.73 Å². The van der Waals surface area contributed by atoms with Gasteiger partial charge in [0.1, 0.15) is 5.84 Å². The molecule has 0 amide bonds. The lowest BCUT2D eigenvalue weighted by Crippen LogP contribution is -2.45. The Kier molecular flexibility index (Phi) is 4.97. The molecular weight excluding hydrogens is 288 g/mol. The predicted molar refractivity (Wildman–Crippen MR) is 83.4 cm³/mol. The Balaban J connectivity index is 2.01. The van der Waals surface area contributed by atoms with Gasteiger partial charge in [-0.1, -0.05) is 12.1 Å². The molecule has 0 aliphatic carbocycles. The molecule has 1 aliphatic rings. The molecule has 1 heterocycles. The van der Waals surface area contributed by atoms with Crippen molar-refractivity contribution in [3.8, 4) is 0 Å². The van der Waals surface area contributed by atoms with Crippen LogP contribution in [-0.4, -0.2) is 69.6 Å². The molecule has 0 saturated carbocycles. The van der Waals surface area contributed by atoms with E-state index in [-0.39, 0.29) is 16.5 Å². The van der Waals surface area contributed by atoms with E-state index in [0.29, 0.717) is 12.1 Å². The van der Waals surface area contributed by atoms with Gasteiger partial charge in [-0.2, -0.15) is 0 Å². The van der Waals surface area contributed by atoms with E-state index in [1.807, 2.05) is 0 Å². The number of nitrogens with two attached hydrogens (primary N) is 1. The molecule has 0 bridgehead atoms. The topological polar surface area (TPSA) is 90.5 Å². The number of hydrogen-bond acceptors (Lipinski definition) is 5. The van der Waals surface area contributed by atoms with Crippen LogP contribution in [0.25, 0.3) is 0 Å². The summed E-state index contributed by atoms with van der Waals surface area (Å²) in [7, 11) is -1.27. The Morgan fingerprint density at radius 3 is 2.57 bits per heavy atom. The van der Waals surface area contributed by atoms with E-state index in [1.165, 1.54) is 6.07 Å². The van der Waals surface area contributed by atoms with E-state index >= 15 is 0 Å². The smallest absolute Gasteiger partial charge is 0.179 e.